The molecule has 0 radical (unpaired) electrons. The summed E-state index contributed by atoms with van der Waals surface area (Å²) < 4.78 is 5.53. The van der Waals surface area contributed by atoms with Crippen LogP contribution in [0, 0.1) is 0 Å². The lowest BCUT2D eigenvalue weighted by molar-refractivity contribution is -0.127. The van der Waals surface area contributed by atoms with Gasteiger partial charge in [0.2, 0.25) is 5.91 Å². The molecular weight excluding hydrogens is 184 g/mol. The van der Waals surface area contributed by atoms with Gasteiger partial charge in [0.1, 0.15) is 0 Å². The lowest BCUT2D eigenvalue weighted by atomic mass is 10.0. The first-order valence-corrected chi connectivity index (χ1v) is 4.83. The van der Waals surface area contributed by atoms with E-state index in [0.29, 0.717) is 6.54 Å². The maximum atomic E-state index is 11.3. The van der Waals surface area contributed by atoms with E-state index in [1.54, 1.807) is 0 Å². The molecule has 1 atom stereocenters. The van der Waals surface area contributed by atoms with Crippen molar-refractivity contribution in [1.29, 1.82) is 0 Å². The molecular formula is C9H14N2O3. The van der Waals surface area contributed by atoms with Crippen LogP contribution < -0.4 is 5.32 Å². The summed E-state index contributed by atoms with van der Waals surface area (Å²) in [6.45, 7) is 3.16. The number of urea groups is 1. The molecule has 2 fully saturated rings. The molecule has 0 saturated carbocycles. The van der Waals surface area contributed by atoms with E-state index in [2.05, 4.69) is 5.32 Å². The van der Waals surface area contributed by atoms with Gasteiger partial charge in [-0.15, -0.1) is 0 Å². The maximum Gasteiger partial charge on any atom is 0.324 e. The van der Waals surface area contributed by atoms with Crippen LogP contribution in [0.4, 0.5) is 4.79 Å². The van der Waals surface area contributed by atoms with Gasteiger partial charge in [0, 0.05) is 6.61 Å². The molecule has 0 bridgehead atoms. The Hall–Kier alpha value is -1.10. The van der Waals surface area contributed by atoms with Crippen molar-refractivity contribution in [3.63, 3.8) is 0 Å². The highest BCUT2D eigenvalue weighted by Gasteiger charge is 2.38. The summed E-state index contributed by atoms with van der Waals surface area (Å²) in [4.78, 5) is 23.8. The summed E-state index contributed by atoms with van der Waals surface area (Å²) in [5.41, 5.74) is -0.336. The summed E-state index contributed by atoms with van der Waals surface area (Å²) in [5.74, 6) is -0.160. The first kappa shape index (κ1) is 9.45. The predicted molar refractivity (Wildman–Crippen MR) is 48.7 cm³/mol. The zero-order valence-corrected chi connectivity index (χ0v) is 8.21. The molecule has 0 aromatic heterocycles. The van der Waals surface area contributed by atoms with E-state index >= 15 is 0 Å². The molecule has 3 amide bonds. The molecule has 2 rings (SSSR count). The number of carbonyl (C=O) groups excluding carboxylic acids is 2. The highest BCUT2D eigenvalue weighted by molar-refractivity contribution is 6.02. The Morgan fingerprint density at radius 1 is 1.57 bits per heavy atom. The number of amides is 3. The minimum absolute atomic E-state index is 0.120. The van der Waals surface area contributed by atoms with Gasteiger partial charge in [-0.1, -0.05) is 0 Å². The van der Waals surface area contributed by atoms with Crippen LogP contribution in [0.15, 0.2) is 0 Å². The third-order valence-electron chi connectivity index (χ3n) is 2.73. The Balaban J connectivity index is 2.02. The lowest BCUT2D eigenvalue weighted by Crippen LogP contribution is -2.43. The zero-order chi connectivity index (χ0) is 10.2. The zero-order valence-electron chi connectivity index (χ0n) is 8.21. The van der Waals surface area contributed by atoms with Crippen LogP contribution in [0.2, 0.25) is 0 Å². The van der Waals surface area contributed by atoms with Gasteiger partial charge in [0.25, 0.3) is 0 Å². The Bertz CT molecular complexity index is 255. The molecule has 2 saturated heterocycles. The van der Waals surface area contributed by atoms with E-state index in [-0.39, 0.29) is 24.1 Å². The molecule has 0 aromatic rings. The molecule has 0 aromatic carbocycles. The number of imide groups is 1. The van der Waals surface area contributed by atoms with Gasteiger partial charge in [-0.3, -0.25) is 9.69 Å². The molecule has 2 aliphatic heterocycles. The lowest BCUT2D eigenvalue weighted by Gasteiger charge is -2.27. The summed E-state index contributed by atoms with van der Waals surface area (Å²) in [7, 11) is 0. The topological polar surface area (TPSA) is 58.6 Å². The molecule has 5 nitrogen and oxygen atoms in total. The van der Waals surface area contributed by atoms with Gasteiger partial charge in [-0.05, 0) is 19.8 Å². The average molecular weight is 198 g/mol. The molecule has 14 heavy (non-hydrogen) atoms. The van der Waals surface area contributed by atoms with E-state index in [0.717, 1.165) is 19.4 Å². The third kappa shape index (κ3) is 1.59. The standard InChI is InChI=1S/C9H14N2O3/c1-9(3-2-4-14-9)6-11-7(12)5-10-8(11)13/h2-6H2,1H3,(H,10,13). The molecule has 1 N–H and O–H groups in total. The second-order valence-corrected chi connectivity index (χ2v) is 4.04. The van der Waals surface area contributed by atoms with Crippen LogP contribution in [-0.2, 0) is 9.53 Å². The van der Waals surface area contributed by atoms with Crippen molar-refractivity contribution in [1.82, 2.24) is 10.2 Å². The number of ether oxygens (including phenoxy) is 1. The monoisotopic (exact) mass is 198 g/mol. The van der Waals surface area contributed by atoms with Crippen LogP contribution in [0.5, 0.6) is 0 Å². The smallest absolute Gasteiger partial charge is 0.324 e. The molecule has 0 spiro atoms. The van der Waals surface area contributed by atoms with E-state index < -0.39 is 0 Å². The SMILES string of the molecule is CC1(CN2C(=O)CNC2=O)CCCO1. The molecule has 78 valence electrons. The molecule has 2 heterocycles. The molecule has 1 unspecified atom stereocenters. The minimum atomic E-state index is -0.336. The van der Waals surface area contributed by atoms with Crippen molar-refractivity contribution in [3.05, 3.63) is 0 Å². The number of nitrogens with one attached hydrogen (secondary N) is 1. The van der Waals surface area contributed by atoms with Crippen LogP contribution in [0.25, 0.3) is 0 Å². The largest absolute Gasteiger partial charge is 0.373 e. The van der Waals surface area contributed by atoms with Gasteiger partial charge in [0.05, 0.1) is 18.7 Å². The summed E-state index contributed by atoms with van der Waals surface area (Å²) in [5, 5.41) is 2.49. The molecule has 5 heteroatoms. The van der Waals surface area contributed by atoms with Crippen molar-refractivity contribution in [2.45, 2.75) is 25.4 Å². The second kappa shape index (κ2) is 3.24. The number of hydrogen-bond donors (Lipinski definition) is 1. The summed E-state index contributed by atoms with van der Waals surface area (Å²) >= 11 is 0. The van der Waals surface area contributed by atoms with Crippen LogP contribution in [0.3, 0.4) is 0 Å². The Morgan fingerprint density at radius 2 is 2.36 bits per heavy atom. The van der Waals surface area contributed by atoms with Crippen molar-refractivity contribution in [2.24, 2.45) is 0 Å². The fraction of sp³-hybridized carbons (Fsp3) is 0.778. The predicted octanol–water partition coefficient (Wildman–Crippen LogP) is 0.107. The van der Waals surface area contributed by atoms with Crippen molar-refractivity contribution >= 4 is 11.9 Å². The quantitative estimate of drug-likeness (QED) is 0.640. The summed E-state index contributed by atoms with van der Waals surface area (Å²) in [6, 6.07) is -0.299. The number of rotatable bonds is 2. The highest BCUT2D eigenvalue weighted by Crippen LogP contribution is 2.26. The number of hydrogen-bond acceptors (Lipinski definition) is 3. The minimum Gasteiger partial charge on any atom is -0.373 e. The Labute approximate surface area is 82.4 Å². The third-order valence-corrected chi connectivity index (χ3v) is 2.73. The fourth-order valence-electron chi connectivity index (χ4n) is 1.91. The average Bonchev–Trinajstić information content (AvgIpc) is 2.68. The van der Waals surface area contributed by atoms with Crippen molar-refractivity contribution in [2.75, 3.05) is 19.7 Å². The van der Waals surface area contributed by atoms with Gasteiger partial charge in [-0.2, -0.15) is 0 Å². The van der Waals surface area contributed by atoms with Crippen LogP contribution >= 0.6 is 0 Å². The van der Waals surface area contributed by atoms with E-state index in [4.69, 9.17) is 4.74 Å². The molecule has 2 aliphatic rings. The maximum absolute atomic E-state index is 11.3. The number of carbonyl (C=O) groups is 2. The van der Waals surface area contributed by atoms with Crippen molar-refractivity contribution < 1.29 is 14.3 Å². The van der Waals surface area contributed by atoms with Crippen molar-refractivity contribution in [3.8, 4) is 0 Å². The Morgan fingerprint density at radius 3 is 2.86 bits per heavy atom. The van der Waals surface area contributed by atoms with Gasteiger partial charge in [0.15, 0.2) is 0 Å². The summed E-state index contributed by atoms with van der Waals surface area (Å²) in [6.07, 6.45) is 1.91. The van der Waals surface area contributed by atoms with Gasteiger partial charge >= 0.3 is 6.03 Å². The fourth-order valence-corrected chi connectivity index (χ4v) is 1.91. The highest BCUT2D eigenvalue weighted by atomic mass is 16.5. The molecule has 0 aliphatic carbocycles. The van der Waals surface area contributed by atoms with Gasteiger partial charge < -0.3 is 10.1 Å². The van der Waals surface area contributed by atoms with Crippen LogP contribution in [-0.4, -0.2) is 42.1 Å². The van der Waals surface area contributed by atoms with E-state index in [1.165, 1.54) is 4.90 Å². The normalized spacial score (nSPS) is 32.5. The van der Waals surface area contributed by atoms with E-state index in [1.807, 2.05) is 6.92 Å². The van der Waals surface area contributed by atoms with Crippen LogP contribution in [0.1, 0.15) is 19.8 Å². The first-order valence-electron chi connectivity index (χ1n) is 4.83. The Kier molecular flexibility index (Phi) is 2.19. The number of nitrogens with zero attached hydrogens (tertiary/aromatic N) is 1. The first-order chi connectivity index (χ1) is 6.61. The van der Waals surface area contributed by atoms with Gasteiger partial charge in [-0.25, -0.2) is 4.79 Å². The van der Waals surface area contributed by atoms with E-state index in [9.17, 15) is 9.59 Å². The second-order valence-electron chi connectivity index (χ2n) is 4.04.